The van der Waals surface area contributed by atoms with E-state index < -0.39 is 18.1 Å². The second-order valence-corrected chi connectivity index (χ2v) is 5.95. The molecule has 6 heteroatoms. The quantitative estimate of drug-likeness (QED) is 0.696. The molecule has 6 nitrogen and oxygen atoms in total. The molecular weight excluding hydrogens is 248 g/mol. The molecule has 2 amide bonds. The van der Waals surface area contributed by atoms with E-state index >= 15 is 0 Å². The Kier molecular flexibility index (Phi) is 3.99. The lowest BCUT2D eigenvalue weighted by atomic mass is 9.83. The van der Waals surface area contributed by atoms with E-state index in [1.807, 2.05) is 6.92 Å². The van der Waals surface area contributed by atoms with Crippen LogP contribution in [0.5, 0.6) is 0 Å². The predicted molar refractivity (Wildman–Crippen MR) is 68.8 cm³/mol. The normalized spacial score (nSPS) is 30.1. The SMILES string of the molecule is CC1(NC(=O)N2C[C@@H](O)C[C@H]2C(=O)O)CCCCC1. The Morgan fingerprint density at radius 1 is 1.26 bits per heavy atom. The van der Waals surface area contributed by atoms with Crippen LogP contribution in [-0.4, -0.2) is 51.3 Å². The number of nitrogens with zero attached hydrogens (tertiary/aromatic N) is 1. The number of urea groups is 1. The number of aliphatic hydroxyl groups is 1. The molecule has 0 aromatic heterocycles. The second kappa shape index (κ2) is 5.36. The van der Waals surface area contributed by atoms with Gasteiger partial charge in [0.1, 0.15) is 6.04 Å². The number of rotatable bonds is 2. The molecule has 1 heterocycles. The lowest BCUT2D eigenvalue weighted by molar-refractivity contribution is -0.141. The lowest BCUT2D eigenvalue weighted by Gasteiger charge is -2.36. The predicted octanol–water partition coefficient (Wildman–Crippen LogP) is 0.939. The average Bonchev–Trinajstić information content (AvgIpc) is 2.72. The maximum Gasteiger partial charge on any atom is 0.326 e. The number of carbonyl (C=O) groups is 2. The molecule has 3 N–H and O–H groups in total. The van der Waals surface area contributed by atoms with E-state index in [0.29, 0.717) is 0 Å². The molecule has 108 valence electrons. The lowest BCUT2D eigenvalue weighted by Crippen LogP contribution is -2.54. The van der Waals surface area contributed by atoms with Gasteiger partial charge in [0.2, 0.25) is 0 Å². The van der Waals surface area contributed by atoms with Crippen molar-refractivity contribution in [3.63, 3.8) is 0 Å². The van der Waals surface area contributed by atoms with Gasteiger partial charge in [-0.1, -0.05) is 19.3 Å². The van der Waals surface area contributed by atoms with Gasteiger partial charge >= 0.3 is 12.0 Å². The van der Waals surface area contributed by atoms with Crippen molar-refractivity contribution >= 4 is 12.0 Å². The van der Waals surface area contributed by atoms with E-state index in [1.54, 1.807) is 0 Å². The Labute approximate surface area is 112 Å². The molecule has 0 unspecified atom stereocenters. The molecule has 0 aromatic carbocycles. The minimum atomic E-state index is -1.06. The van der Waals surface area contributed by atoms with Crippen molar-refractivity contribution in [2.24, 2.45) is 0 Å². The molecule has 1 aliphatic carbocycles. The standard InChI is InChI=1S/C13H22N2O4/c1-13(5-3-2-4-6-13)14-12(19)15-8-9(16)7-10(15)11(17)18/h9-10,16H,2-8H2,1H3,(H,14,19)(H,17,18)/t9-,10-/m0/s1. The van der Waals surface area contributed by atoms with Gasteiger partial charge in [-0.3, -0.25) is 0 Å². The first-order valence-corrected chi connectivity index (χ1v) is 6.91. The summed E-state index contributed by atoms with van der Waals surface area (Å²) in [5.74, 6) is -1.06. The summed E-state index contributed by atoms with van der Waals surface area (Å²) in [5, 5.41) is 21.6. The van der Waals surface area contributed by atoms with Gasteiger partial charge in [-0.2, -0.15) is 0 Å². The van der Waals surface area contributed by atoms with Crippen LogP contribution in [0.1, 0.15) is 45.4 Å². The third-order valence-electron chi connectivity index (χ3n) is 4.19. The molecule has 1 saturated heterocycles. The van der Waals surface area contributed by atoms with E-state index in [0.717, 1.165) is 25.7 Å². The summed E-state index contributed by atoms with van der Waals surface area (Å²) in [4.78, 5) is 24.6. The van der Waals surface area contributed by atoms with Gasteiger partial charge in [0.25, 0.3) is 0 Å². The van der Waals surface area contributed by atoms with Gasteiger partial charge < -0.3 is 20.4 Å². The highest BCUT2D eigenvalue weighted by molar-refractivity contribution is 5.83. The maximum atomic E-state index is 12.2. The number of hydrogen-bond donors (Lipinski definition) is 3. The fourth-order valence-electron chi connectivity index (χ4n) is 3.06. The van der Waals surface area contributed by atoms with Gasteiger partial charge in [-0.25, -0.2) is 9.59 Å². The Hall–Kier alpha value is -1.30. The zero-order chi connectivity index (χ0) is 14.0. The van der Waals surface area contributed by atoms with Crippen LogP contribution < -0.4 is 5.32 Å². The van der Waals surface area contributed by atoms with Crippen LogP contribution in [-0.2, 0) is 4.79 Å². The van der Waals surface area contributed by atoms with Crippen molar-refractivity contribution in [2.45, 2.75) is 63.1 Å². The van der Waals surface area contributed by atoms with Crippen LogP contribution in [0, 0.1) is 0 Å². The smallest absolute Gasteiger partial charge is 0.326 e. The third kappa shape index (κ3) is 3.18. The van der Waals surface area contributed by atoms with Crippen LogP contribution >= 0.6 is 0 Å². The number of likely N-dealkylation sites (tertiary alicyclic amines) is 1. The summed E-state index contributed by atoms with van der Waals surface area (Å²) in [6, 6.07) is -1.28. The van der Waals surface area contributed by atoms with E-state index in [1.165, 1.54) is 11.3 Å². The zero-order valence-corrected chi connectivity index (χ0v) is 11.3. The van der Waals surface area contributed by atoms with Gasteiger partial charge in [0, 0.05) is 18.5 Å². The number of nitrogens with one attached hydrogen (secondary N) is 1. The molecule has 2 rings (SSSR count). The number of carboxylic acids is 1. The summed E-state index contributed by atoms with van der Waals surface area (Å²) in [7, 11) is 0. The number of carbonyl (C=O) groups excluding carboxylic acids is 1. The highest BCUT2D eigenvalue weighted by Gasteiger charge is 2.41. The van der Waals surface area contributed by atoms with E-state index in [9.17, 15) is 14.7 Å². The number of aliphatic carboxylic acids is 1. The Morgan fingerprint density at radius 3 is 2.47 bits per heavy atom. The first-order chi connectivity index (χ1) is 8.91. The average molecular weight is 270 g/mol. The molecule has 0 spiro atoms. The van der Waals surface area contributed by atoms with Gasteiger partial charge in [-0.05, 0) is 19.8 Å². The fourth-order valence-corrected chi connectivity index (χ4v) is 3.06. The summed E-state index contributed by atoms with van der Waals surface area (Å²) in [6.45, 7) is 2.10. The number of amides is 2. The summed E-state index contributed by atoms with van der Waals surface area (Å²) in [5.41, 5.74) is -0.244. The highest BCUT2D eigenvalue weighted by atomic mass is 16.4. The Balaban J connectivity index is 2.00. The van der Waals surface area contributed by atoms with E-state index in [4.69, 9.17) is 5.11 Å². The summed E-state index contributed by atoms with van der Waals surface area (Å²) >= 11 is 0. The zero-order valence-electron chi connectivity index (χ0n) is 11.3. The molecule has 2 atom stereocenters. The van der Waals surface area contributed by atoms with Crippen molar-refractivity contribution in [3.05, 3.63) is 0 Å². The third-order valence-corrected chi connectivity index (χ3v) is 4.19. The highest BCUT2D eigenvalue weighted by Crippen LogP contribution is 2.28. The number of aliphatic hydroxyl groups excluding tert-OH is 1. The minimum Gasteiger partial charge on any atom is -0.480 e. The fraction of sp³-hybridized carbons (Fsp3) is 0.846. The second-order valence-electron chi connectivity index (χ2n) is 5.95. The minimum absolute atomic E-state index is 0.0961. The van der Waals surface area contributed by atoms with Crippen LogP contribution in [0.25, 0.3) is 0 Å². The van der Waals surface area contributed by atoms with Crippen molar-refractivity contribution < 1.29 is 19.8 Å². The van der Waals surface area contributed by atoms with E-state index in [-0.39, 0.29) is 24.5 Å². The first-order valence-electron chi connectivity index (χ1n) is 6.91. The first kappa shape index (κ1) is 14.1. The molecule has 0 radical (unpaired) electrons. The molecule has 0 aromatic rings. The van der Waals surface area contributed by atoms with Crippen molar-refractivity contribution in [1.82, 2.24) is 10.2 Å². The Morgan fingerprint density at radius 2 is 1.89 bits per heavy atom. The molecule has 2 fully saturated rings. The molecular formula is C13H22N2O4. The molecule has 2 aliphatic rings. The molecule has 1 saturated carbocycles. The monoisotopic (exact) mass is 270 g/mol. The van der Waals surface area contributed by atoms with Crippen LogP contribution in [0.2, 0.25) is 0 Å². The largest absolute Gasteiger partial charge is 0.480 e. The number of hydrogen-bond acceptors (Lipinski definition) is 3. The topological polar surface area (TPSA) is 89.9 Å². The van der Waals surface area contributed by atoms with Crippen LogP contribution in [0.15, 0.2) is 0 Å². The summed E-state index contributed by atoms with van der Waals surface area (Å²) in [6.07, 6.45) is 4.57. The van der Waals surface area contributed by atoms with Crippen LogP contribution in [0.3, 0.4) is 0 Å². The van der Waals surface area contributed by atoms with E-state index in [2.05, 4.69) is 5.32 Å². The van der Waals surface area contributed by atoms with Gasteiger partial charge in [0.15, 0.2) is 0 Å². The molecule has 19 heavy (non-hydrogen) atoms. The Bertz CT molecular complexity index is 366. The van der Waals surface area contributed by atoms with Crippen LogP contribution in [0.4, 0.5) is 4.79 Å². The summed E-state index contributed by atoms with van der Waals surface area (Å²) < 4.78 is 0. The number of β-amino-alcohol motifs (C(OH)–C–C–N with tert-alkyl or cyclic N) is 1. The van der Waals surface area contributed by atoms with Crippen molar-refractivity contribution in [1.29, 1.82) is 0 Å². The van der Waals surface area contributed by atoms with Gasteiger partial charge in [-0.15, -0.1) is 0 Å². The van der Waals surface area contributed by atoms with Crippen molar-refractivity contribution in [2.75, 3.05) is 6.54 Å². The maximum absolute atomic E-state index is 12.2. The molecule has 1 aliphatic heterocycles. The number of carboxylic acid groups (broad SMARTS) is 1. The molecule has 0 bridgehead atoms. The van der Waals surface area contributed by atoms with Gasteiger partial charge in [0.05, 0.1) is 6.10 Å². The van der Waals surface area contributed by atoms with Crippen molar-refractivity contribution in [3.8, 4) is 0 Å².